The average molecular weight is 292 g/mol. The lowest BCUT2D eigenvalue weighted by molar-refractivity contribution is 0.0656. The second-order valence-corrected chi connectivity index (χ2v) is 6.02. The summed E-state index contributed by atoms with van der Waals surface area (Å²) in [5.41, 5.74) is -0.00705. The molecule has 2 aliphatic rings. The van der Waals surface area contributed by atoms with Crippen molar-refractivity contribution in [2.24, 2.45) is 0 Å². The smallest absolute Gasteiger partial charge is 0.231 e. The van der Waals surface area contributed by atoms with Crippen LogP contribution >= 0.6 is 0 Å². The summed E-state index contributed by atoms with van der Waals surface area (Å²) in [7, 11) is 1.84. The zero-order chi connectivity index (χ0) is 14.7. The zero-order valence-electron chi connectivity index (χ0n) is 12.9. The lowest BCUT2D eigenvalue weighted by atomic mass is 9.93. The van der Waals surface area contributed by atoms with Crippen molar-refractivity contribution in [2.45, 2.75) is 38.1 Å². The Hall–Kier alpha value is -1.63. The highest BCUT2D eigenvalue weighted by molar-refractivity contribution is 5.45. The number of hydrogen-bond acceptors (Lipinski definition) is 7. The molecule has 1 aromatic heterocycles. The van der Waals surface area contributed by atoms with Crippen molar-refractivity contribution in [2.75, 3.05) is 48.9 Å². The van der Waals surface area contributed by atoms with E-state index in [4.69, 9.17) is 4.74 Å². The summed E-state index contributed by atoms with van der Waals surface area (Å²) < 4.78 is 5.44. The van der Waals surface area contributed by atoms with E-state index in [1.54, 1.807) is 0 Å². The van der Waals surface area contributed by atoms with Gasteiger partial charge in [-0.2, -0.15) is 15.0 Å². The quantitative estimate of drug-likeness (QED) is 0.871. The van der Waals surface area contributed by atoms with Gasteiger partial charge in [0, 0.05) is 38.9 Å². The van der Waals surface area contributed by atoms with Gasteiger partial charge in [0.25, 0.3) is 0 Å². The van der Waals surface area contributed by atoms with Crippen molar-refractivity contribution in [3.63, 3.8) is 0 Å². The minimum absolute atomic E-state index is 0.00705. The topological polar surface area (TPSA) is 75.2 Å². The Morgan fingerprint density at radius 1 is 1.05 bits per heavy atom. The standard InChI is InChI=1S/C14H24N6O/c1-14(5-9-21-10-6-14)19-12-16-11(15-2)17-13(18-12)20-7-3-4-8-20/h3-10H2,1-2H3,(H2,15,16,17,18,19). The fraction of sp³-hybridized carbons (Fsp3) is 0.786. The molecule has 21 heavy (non-hydrogen) atoms. The molecule has 0 aromatic carbocycles. The normalized spacial score (nSPS) is 21.3. The molecule has 0 aliphatic carbocycles. The Labute approximate surface area is 125 Å². The highest BCUT2D eigenvalue weighted by Crippen LogP contribution is 2.25. The van der Waals surface area contributed by atoms with Gasteiger partial charge in [-0.15, -0.1) is 0 Å². The molecule has 0 unspecified atom stereocenters. The molecule has 0 radical (unpaired) electrons. The van der Waals surface area contributed by atoms with E-state index in [0.29, 0.717) is 11.9 Å². The van der Waals surface area contributed by atoms with Gasteiger partial charge in [0.15, 0.2) is 0 Å². The van der Waals surface area contributed by atoms with Gasteiger partial charge in [-0.1, -0.05) is 0 Å². The summed E-state index contributed by atoms with van der Waals surface area (Å²) in [5, 5.41) is 6.51. The number of anilines is 3. The van der Waals surface area contributed by atoms with Crippen LogP contribution in [0.5, 0.6) is 0 Å². The summed E-state index contributed by atoms with van der Waals surface area (Å²) in [6.45, 7) is 5.82. The maximum absolute atomic E-state index is 5.44. The van der Waals surface area contributed by atoms with Gasteiger partial charge >= 0.3 is 0 Å². The molecule has 116 valence electrons. The molecule has 3 rings (SSSR count). The maximum atomic E-state index is 5.44. The number of nitrogens with zero attached hydrogens (tertiary/aromatic N) is 4. The van der Waals surface area contributed by atoms with Crippen LogP contribution in [0, 0.1) is 0 Å². The third kappa shape index (κ3) is 3.34. The van der Waals surface area contributed by atoms with Crippen LogP contribution in [0.1, 0.15) is 32.6 Å². The second-order valence-electron chi connectivity index (χ2n) is 6.02. The molecule has 3 heterocycles. The molecule has 7 nitrogen and oxygen atoms in total. The Morgan fingerprint density at radius 2 is 1.71 bits per heavy atom. The third-order valence-electron chi connectivity index (χ3n) is 4.25. The highest BCUT2D eigenvalue weighted by atomic mass is 16.5. The van der Waals surface area contributed by atoms with Crippen LogP contribution < -0.4 is 15.5 Å². The first-order valence-corrected chi connectivity index (χ1v) is 7.73. The Morgan fingerprint density at radius 3 is 2.38 bits per heavy atom. The molecule has 2 aliphatic heterocycles. The van der Waals surface area contributed by atoms with Crippen molar-refractivity contribution in [1.82, 2.24) is 15.0 Å². The lowest BCUT2D eigenvalue weighted by Crippen LogP contribution is -2.41. The van der Waals surface area contributed by atoms with E-state index in [-0.39, 0.29) is 5.54 Å². The van der Waals surface area contributed by atoms with Gasteiger partial charge < -0.3 is 20.3 Å². The van der Waals surface area contributed by atoms with E-state index >= 15 is 0 Å². The molecular weight excluding hydrogens is 268 g/mol. The van der Waals surface area contributed by atoms with Gasteiger partial charge in [-0.3, -0.25) is 0 Å². The summed E-state index contributed by atoms with van der Waals surface area (Å²) in [6.07, 6.45) is 4.34. The molecule has 2 fully saturated rings. The highest BCUT2D eigenvalue weighted by Gasteiger charge is 2.28. The first-order valence-electron chi connectivity index (χ1n) is 7.73. The van der Waals surface area contributed by atoms with Crippen LogP contribution in [0.15, 0.2) is 0 Å². The summed E-state index contributed by atoms with van der Waals surface area (Å²) in [4.78, 5) is 15.8. The third-order valence-corrected chi connectivity index (χ3v) is 4.25. The number of rotatable bonds is 4. The Kier molecular flexibility index (Phi) is 4.10. The molecule has 0 bridgehead atoms. The summed E-state index contributed by atoms with van der Waals surface area (Å²) in [5.74, 6) is 2.04. The number of hydrogen-bond donors (Lipinski definition) is 2. The van der Waals surface area contributed by atoms with Crippen LogP contribution in [-0.2, 0) is 4.74 Å². The monoisotopic (exact) mass is 292 g/mol. The van der Waals surface area contributed by atoms with Gasteiger partial charge in [-0.05, 0) is 32.6 Å². The van der Waals surface area contributed by atoms with E-state index in [1.807, 2.05) is 7.05 Å². The van der Waals surface area contributed by atoms with Gasteiger partial charge in [0.05, 0.1) is 0 Å². The number of nitrogens with one attached hydrogen (secondary N) is 2. The zero-order valence-corrected chi connectivity index (χ0v) is 12.9. The van der Waals surface area contributed by atoms with Crippen LogP contribution in [0.4, 0.5) is 17.8 Å². The average Bonchev–Trinajstić information content (AvgIpc) is 3.01. The van der Waals surface area contributed by atoms with E-state index in [2.05, 4.69) is 37.4 Å². The minimum Gasteiger partial charge on any atom is -0.381 e. The van der Waals surface area contributed by atoms with E-state index in [9.17, 15) is 0 Å². The van der Waals surface area contributed by atoms with E-state index < -0.39 is 0 Å². The molecular formula is C14H24N6O. The molecule has 1 aromatic rings. The van der Waals surface area contributed by atoms with Crippen molar-refractivity contribution in [3.05, 3.63) is 0 Å². The first kappa shape index (κ1) is 14.3. The molecule has 2 saturated heterocycles. The van der Waals surface area contributed by atoms with Gasteiger partial charge in [0.2, 0.25) is 17.8 Å². The second kappa shape index (κ2) is 6.01. The fourth-order valence-corrected chi connectivity index (χ4v) is 2.81. The van der Waals surface area contributed by atoms with E-state index in [1.165, 1.54) is 12.8 Å². The van der Waals surface area contributed by atoms with Crippen LogP contribution in [0.25, 0.3) is 0 Å². The molecule has 2 N–H and O–H groups in total. The molecule has 0 spiro atoms. The molecule has 7 heteroatoms. The van der Waals surface area contributed by atoms with Gasteiger partial charge in [0.1, 0.15) is 0 Å². The van der Waals surface area contributed by atoms with Crippen molar-refractivity contribution in [3.8, 4) is 0 Å². The van der Waals surface area contributed by atoms with Crippen molar-refractivity contribution >= 4 is 17.8 Å². The Bertz CT molecular complexity index is 482. The minimum atomic E-state index is -0.00705. The fourth-order valence-electron chi connectivity index (χ4n) is 2.81. The first-order chi connectivity index (χ1) is 10.2. The van der Waals surface area contributed by atoms with Crippen molar-refractivity contribution in [1.29, 1.82) is 0 Å². The SMILES string of the molecule is CNc1nc(NC2(C)CCOCC2)nc(N2CCCC2)n1. The van der Waals surface area contributed by atoms with Gasteiger partial charge in [-0.25, -0.2) is 0 Å². The maximum Gasteiger partial charge on any atom is 0.231 e. The summed E-state index contributed by atoms with van der Waals surface area (Å²) in [6, 6.07) is 0. The predicted molar refractivity (Wildman–Crippen MR) is 82.9 cm³/mol. The van der Waals surface area contributed by atoms with Crippen molar-refractivity contribution < 1.29 is 4.74 Å². The van der Waals surface area contributed by atoms with E-state index in [0.717, 1.165) is 45.1 Å². The molecule has 0 saturated carbocycles. The largest absolute Gasteiger partial charge is 0.381 e. The summed E-state index contributed by atoms with van der Waals surface area (Å²) >= 11 is 0. The molecule has 0 atom stereocenters. The predicted octanol–water partition coefficient (Wildman–Crippen LogP) is 1.49. The van der Waals surface area contributed by atoms with Crippen LogP contribution in [0.2, 0.25) is 0 Å². The van der Waals surface area contributed by atoms with Crippen LogP contribution in [-0.4, -0.2) is 53.8 Å². The van der Waals surface area contributed by atoms with Crippen LogP contribution in [0.3, 0.4) is 0 Å². The number of aromatic nitrogens is 3. The Balaban J connectivity index is 1.81. The lowest BCUT2D eigenvalue weighted by Gasteiger charge is -2.34. The number of ether oxygens (including phenoxy) is 1. The molecule has 0 amide bonds.